The van der Waals surface area contributed by atoms with Crippen LogP contribution in [-0.4, -0.2) is 30.4 Å². The molecule has 1 aliphatic heterocycles. The molecule has 3 nitrogen and oxygen atoms in total. The van der Waals surface area contributed by atoms with Gasteiger partial charge in [-0.2, -0.15) is 0 Å². The van der Waals surface area contributed by atoms with E-state index in [1.165, 1.54) is 70.1 Å². The highest BCUT2D eigenvalue weighted by molar-refractivity contribution is 5.94. The second-order valence-corrected chi connectivity index (χ2v) is 7.01. The number of carbonyl (C=O) groups is 1. The molecule has 2 N–H and O–H groups in total. The number of rotatable bonds is 5. The number of nitrogens with two attached hydrogens (primary N) is 1. The first-order valence-electron chi connectivity index (χ1n) is 8.85. The van der Waals surface area contributed by atoms with Crippen molar-refractivity contribution in [1.29, 1.82) is 0 Å². The van der Waals surface area contributed by atoms with Crippen LogP contribution in [0.25, 0.3) is 0 Å². The molecule has 3 rings (SSSR count). The van der Waals surface area contributed by atoms with Gasteiger partial charge in [0, 0.05) is 5.56 Å². The van der Waals surface area contributed by atoms with Crippen molar-refractivity contribution in [2.45, 2.75) is 50.9 Å². The average Bonchev–Trinajstić information content (AvgIpc) is 3.07. The standard InChI is InChI=1S/C19H28N2O/c20-19(22)18-6-2-1-5-17(18)16-9-7-15(8-10-16)11-14-21-12-3-4-13-21/h1-2,5-6,15-16H,3-4,7-14H2,(H2,20,22). The van der Waals surface area contributed by atoms with Crippen molar-refractivity contribution in [3.63, 3.8) is 0 Å². The Morgan fingerprint density at radius 2 is 1.77 bits per heavy atom. The maximum Gasteiger partial charge on any atom is 0.248 e. The summed E-state index contributed by atoms with van der Waals surface area (Å²) in [7, 11) is 0. The molecule has 0 spiro atoms. The molecule has 3 heteroatoms. The first-order chi connectivity index (χ1) is 10.7. The minimum absolute atomic E-state index is 0.285. The van der Waals surface area contributed by atoms with Crippen LogP contribution in [-0.2, 0) is 0 Å². The Kier molecular flexibility index (Phi) is 5.14. The predicted octanol–water partition coefficient (Wildman–Crippen LogP) is 3.55. The molecule has 1 aromatic rings. The van der Waals surface area contributed by atoms with Gasteiger partial charge < -0.3 is 10.6 Å². The number of likely N-dealkylation sites (tertiary alicyclic amines) is 1. The zero-order valence-corrected chi connectivity index (χ0v) is 13.5. The zero-order valence-electron chi connectivity index (χ0n) is 13.5. The Hall–Kier alpha value is -1.35. The number of carbonyl (C=O) groups excluding carboxylic acids is 1. The molecule has 1 heterocycles. The van der Waals surface area contributed by atoms with Gasteiger partial charge in [-0.25, -0.2) is 0 Å². The van der Waals surface area contributed by atoms with Crippen molar-refractivity contribution in [1.82, 2.24) is 4.90 Å². The lowest BCUT2D eigenvalue weighted by atomic mass is 9.76. The van der Waals surface area contributed by atoms with E-state index in [1.807, 2.05) is 18.2 Å². The number of benzene rings is 1. The van der Waals surface area contributed by atoms with E-state index >= 15 is 0 Å². The Morgan fingerprint density at radius 3 is 2.45 bits per heavy atom. The number of amides is 1. The monoisotopic (exact) mass is 300 g/mol. The molecule has 1 saturated carbocycles. The first-order valence-corrected chi connectivity index (χ1v) is 8.85. The summed E-state index contributed by atoms with van der Waals surface area (Å²) in [5.74, 6) is 1.11. The van der Waals surface area contributed by atoms with Gasteiger partial charge in [-0.1, -0.05) is 18.2 Å². The highest BCUT2D eigenvalue weighted by atomic mass is 16.1. The van der Waals surface area contributed by atoms with Crippen LogP contribution in [0.2, 0.25) is 0 Å². The normalized spacial score (nSPS) is 26.2. The second kappa shape index (κ2) is 7.28. The number of nitrogens with zero attached hydrogens (tertiary/aromatic N) is 1. The minimum Gasteiger partial charge on any atom is -0.366 e. The lowest BCUT2D eigenvalue weighted by molar-refractivity contribution is 0.0998. The first kappa shape index (κ1) is 15.5. The Morgan fingerprint density at radius 1 is 1.09 bits per heavy atom. The van der Waals surface area contributed by atoms with Crippen LogP contribution in [0.4, 0.5) is 0 Å². The zero-order chi connectivity index (χ0) is 15.4. The van der Waals surface area contributed by atoms with Crippen molar-refractivity contribution < 1.29 is 4.79 Å². The Balaban J connectivity index is 1.52. The molecular formula is C19H28N2O. The van der Waals surface area contributed by atoms with Crippen LogP contribution in [0.3, 0.4) is 0 Å². The molecule has 22 heavy (non-hydrogen) atoms. The van der Waals surface area contributed by atoms with Crippen molar-refractivity contribution in [2.75, 3.05) is 19.6 Å². The lowest BCUT2D eigenvalue weighted by Crippen LogP contribution is -2.24. The van der Waals surface area contributed by atoms with Gasteiger partial charge in [0.15, 0.2) is 0 Å². The van der Waals surface area contributed by atoms with E-state index in [0.29, 0.717) is 5.92 Å². The maximum atomic E-state index is 11.6. The summed E-state index contributed by atoms with van der Waals surface area (Å²) in [6.07, 6.45) is 9.12. The summed E-state index contributed by atoms with van der Waals surface area (Å²) in [6.45, 7) is 3.90. The van der Waals surface area contributed by atoms with E-state index in [4.69, 9.17) is 5.73 Å². The molecule has 2 fully saturated rings. The highest BCUT2D eigenvalue weighted by Gasteiger charge is 2.25. The molecule has 120 valence electrons. The van der Waals surface area contributed by atoms with Crippen molar-refractivity contribution in [2.24, 2.45) is 11.7 Å². The molecule has 0 bridgehead atoms. The van der Waals surface area contributed by atoms with Crippen molar-refractivity contribution >= 4 is 5.91 Å². The molecule has 0 radical (unpaired) electrons. The number of hydrogen-bond acceptors (Lipinski definition) is 2. The second-order valence-electron chi connectivity index (χ2n) is 7.01. The Labute approximate surface area is 133 Å². The van der Waals surface area contributed by atoms with E-state index < -0.39 is 0 Å². The summed E-state index contributed by atoms with van der Waals surface area (Å²) in [5, 5.41) is 0. The SMILES string of the molecule is NC(=O)c1ccccc1C1CCC(CCN2CCCC2)CC1. The fourth-order valence-corrected chi connectivity index (χ4v) is 4.21. The van der Waals surface area contributed by atoms with E-state index in [9.17, 15) is 4.79 Å². The molecule has 0 unspecified atom stereocenters. The summed E-state index contributed by atoms with van der Waals surface area (Å²) in [6, 6.07) is 7.90. The maximum absolute atomic E-state index is 11.6. The topological polar surface area (TPSA) is 46.3 Å². The van der Waals surface area contributed by atoms with Crippen LogP contribution < -0.4 is 5.73 Å². The van der Waals surface area contributed by atoms with Gasteiger partial charge >= 0.3 is 0 Å². The fourth-order valence-electron chi connectivity index (χ4n) is 4.21. The summed E-state index contributed by atoms with van der Waals surface area (Å²) < 4.78 is 0. The van der Waals surface area contributed by atoms with Crippen LogP contribution in [0.1, 0.15) is 66.8 Å². The van der Waals surface area contributed by atoms with Gasteiger partial charge in [0.05, 0.1) is 0 Å². The third-order valence-electron chi connectivity index (χ3n) is 5.57. The highest BCUT2D eigenvalue weighted by Crippen LogP contribution is 2.38. The van der Waals surface area contributed by atoms with Gasteiger partial charge in [-0.3, -0.25) is 4.79 Å². The molecule has 0 atom stereocenters. The van der Waals surface area contributed by atoms with Crippen LogP contribution in [0.15, 0.2) is 24.3 Å². The average molecular weight is 300 g/mol. The summed E-state index contributed by atoms with van der Waals surface area (Å²) >= 11 is 0. The molecular weight excluding hydrogens is 272 g/mol. The third-order valence-corrected chi connectivity index (χ3v) is 5.57. The van der Waals surface area contributed by atoms with Crippen LogP contribution >= 0.6 is 0 Å². The molecule has 1 aromatic carbocycles. The lowest BCUT2D eigenvalue weighted by Gasteiger charge is -2.30. The molecule has 0 aromatic heterocycles. The molecule has 1 aliphatic carbocycles. The minimum atomic E-state index is -0.285. The van der Waals surface area contributed by atoms with Crippen LogP contribution in [0.5, 0.6) is 0 Å². The predicted molar refractivity (Wildman–Crippen MR) is 89.9 cm³/mol. The van der Waals surface area contributed by atoms with E-state index in [0.717, 1.165) is 11.5 Å². The van der Waals surface area contributed by atoms with Gasteiger partial charge in [0.25, 0.3) is 0 Å². The smallest absolute Gasteiger partial charge is 0.248 e. The quantitative estimate of drug-likeness (QED) is 0.904. The van der Waals surface area contributed by atoms with Gasteiger partial charge in [0.1, 0.15) is 0 Å². The third kappa shape index (κ3) is 3.70. The largest absolute Gasteiger partial charge is 0.366 e. The van der Waals surface area contributed by atoms with E-state index in [1.54, 1.807) is 0 Å². The van der Waals surface area contributed by atoms with Crippen molar-refractivity contribution in [3.05, 3.63) is 35.4 Å². The summed E-state index contributed by atoms with van der Waals surface area (Å²) in [5.41, 5.74) is 7.42. The fraction of sp³-hybridized carbons (Fsp3) is 0.632. The van der Waals surface area contributed by atoms with E-state index in [2.05, 4.69) is 11.0 Å². The van der Waals surface area contributed by atoms with Crippen LogP contribution in [0, 0.1) is 5.92 Å². The number of primary amides is 1. The van der Waals surface area contributed by atoms with Gasteiger partial charge in [-0.05, 0) is 88.0 Å². The van der Waals surface area contributed by atoms with E-state index in [-0.39, 0.29) is 5.91 Å². The summed E-state index contributed by atoms with van der Waals surface area (Å²) in [4.78, 5) is 14.2. The Bertz CT molecular complexity index is 500. The molecule has 1 amide bonds. The van der Waals surface area contributed by atoms with Gasteiger partial charge in [0.2, 0.25) is 5.91 Å². The number of hydrogen-bond donors (Lipinski definition) is 1. The van der Waals surface area contributed by atoms with Crippen molar-refractivity contribution in [3.8, 4) is 0 Å². The van der Waals surface area contributed by atoms with Gasteiger partial charge in [-0.15, -0.1) is 0 Å². The molecule has 2 aliphatic rings. The molecule has 1 saturated heterocycles.